The number of amides is 1. The molecule has 1 amide bonds. The number of nitrogens with one attached hydrogen (secondary N) is 2. The van der Waals surface area contributed by atoms with Crippen molar-refractivity contribution in [2.75, 3.05) is 60.0 Å². The first-order valence-electron chi connectivity index (χ1n) is 11.7. The van der Waals surface area contributed by atoms with Gasteiger partial charge in [0.1, 0.15) is 0 Å². The number of ether oxygens (including phenoxy) is 2. The lowest BCUT2D eigenvalue weighted by Crippen LogP contribution is -2.48. The van der Waals surface area contributed by atoms with E-state index in [0.29, 0.717) is 25.2 Å². The van der Waals surface area contributed by atoms with Crippen LogP contribution in [-0.2, 0) is 16.0 Å². The van der Waals surface area contributed by atoms with Crippen molar-refractivity contribution in [3.8, 4) is 0 Å². The van der Waals surface area contributed by atoms with Crippen LogP contribution in [0.5, 0.6) is 0 Å². The Labute approximate surface area is 193 Å². The van der Waals surface area contributed by atoms with Crippen LogP contribution in [0.25, 0.3) is 0 Å². The summed E-state index contributed by atoms with van der Waals surface area (Å²) >= 11 is 0. The van der Waals surface area contributed by atoms with Crippen LogP contribution >= 0.6 is 0 Å². The Morgan fingerprint density at radius 2 is 1.88 bits per heavy atom. The number of benzene rings is 1. The highest BCUT2D eigenvalue weighted by molar-refractivity contribution is 5.94. The van der Waals surface area contributed by atoms with Crippen molar-refractivity contribution in [2.45, 2.75) is 45.9 Å². The zero-order chi connectivity index (χ0) is 23.3. The molecule has 180 valence electrons. The number of rotatable bonds is 11. The van der Waals surface area contributed by atoms with Gasteiger partial charge in [0.25, 0.3) is 5.91 Å². The molecule has 8 heteroatoms. The summed E-state index contributed by atoms with van der Waals surface area (Å²) < 4.78 is 10.8. The zero-order valence-electron chi connectivity index (χ0n) is 20.4. The number of morpholine rings is 1. The van der Waals surface area contributed by atoms with Crippen molar-refractivity contribution in [1.82, 2.24) is 20.4 Å². The van der Waals surface area contributed by atoms with Crippen LogP contribution in [0.15, 0.2) is 29.3 Å². The van der Waals surface area contributed by atoms with E-state index in [1.54, 1.807) is 7.11 Å². The third kappa shape index (κ3) is 9.14. The highest BCUT2D eigenvalue weighted by Gasteiger charge is 2.26. The van der Waals surface area contributed by atoms with Crippen molar-refractivity contribution < 1.29 is 14.3 Å². The van der Waals surface area contributed by atoms with Crippen LogP contribution < -0.4 is 10.6 Å². The molecule has 2 unspecified atom stereocenters. The largest absolute Gasteiger partial charge is 0.385 e. The van der Waals surface area contributed by atoms with Gasteiger partial charge >= 0.3 is 0 Å². The number of likely N-dealkylation sites (N-methyl/N-ethyl adjacent to an activating group) is 1. The first-order chi connectivity index (χ1) is 15.4. The van der Waals surface area contributed by atoms with Gasteiger partial charge in [-0.05, 0) is 51.9 Å². The Balaban J connectivity index is 1.85. The van der Waals surface area contributed by atoms with E-state index in [-0.39, 0.29) is 18.1 Å². The van der Waals surface area contributed by atoms with Gasteiger partial charge in [0.05, 0.1) is 18.8 Å². The quantitative estimate of drug-likeness (QED) is 0.307. The summed E-state index contributed by atoms with van der Waals surface area (Å²) in [6.45, 7) is 12.2. The maximum Gasteiger partial charge on any atom is 0.254 e. The number of hydrogen-bond donors (Lipinski definition) is 2. The molecule has 32 heavy (non-hydrogen) atoms. The SMILES string of the molecule is CCNC(=NCc1ccc(C(=O)N2CC(C)OC(C)C2)cc1)NCCN(C)CCCOC. The lowest BCUT2D eigenvalue weighted by Gasteiger charge is -2.35. The molecule has 1 fully saturated rings. The number of nitrogens with zero attached hydrogens (tertiary/aromatic N) is 3. The smallest absolute Gasteiger partial charge is 0.254 e. The first kappa shape index (κ1) is 26.1. The maximum atomic E-state index is 12.8. The molecule has 2 rings (SSSR count). The molecule has 2 N–H and O–H groups in total. The summed E-state index contributed by atoms with van der Waals surface area (Å²) in [6.07, 6.45) is 1.17. The van der Waals surface area contributed by atoms with Crippen molar-refractivity contribution in [1.29, 1.82) is 0 Å². The summed E-state index contributed by atoms with van der Waals surface area (Å²) in [5, 5.41) is 6.67. The van der Waals surface area contributed by atoms with Crippen LogP contribution in [0, 0.1) is 0 Å². The Hall–Kier alpha value is -2.16. The van der Waals surface area contributed by atoms with Crippen LogP contribution in [0.3, 0.4) is 0 Å². The average Bonchev–Trinajstić information content (AvgIpc) is 2.77. The van der Waals surface area contributed by atoms with E-state index in [0.717, 1.165) is 50.7 Å². The molecular formula is C24H41N5O3. The summed E-state index contributed by atoms with van der Waals surface area (Å²) in [7, 11) is 3.85. The van der Waals surface area contributed by atoms with Gasteiger partial charge in [-0.15, -0.1) is 0 Å². The second kappa shape index (κ2) is 14.1. The third-order valence-corrected chi connectivity index (χ3v) is 5.35. The van der Waals surface area contributed by atoms with Gasteiger partial charge in [-0.2, -0.15) is 0 Å². The first-order valence-corrected chi connectivity index (χ1v) is 11.7. The van der Waals surface area contributed by atoms with Gasteiger partial charge in [0.15, 0.2) is 5.96 Å². The molecular weight excluding hydrogens is 406 g/mol. The summed E-state index contributed by atoms with van der Waals surface area (Å²) in [4.78, 5) is 21.7. The van der Waals surface area contributed by atoms with Gasteiger partial charge in [-0.25, -0.2) is 4.99 Å². The van der Waals surface area contributed by atoms with Crippen LogP contribution in [0.2, 0.25) is 0 Å². The second-order valence-corrected chi connectivity index (χ2v) is 8.44. The molecule has 1 aromatic rings. The maximum absolute atomic E-state index is 12.8. The van der Waals surface area contributed by atoms with Gasteiger partial charge in [0, 0.05) is 58.5 Å². The molecule has 1 aliphatic heterocycles. The highest BCUT2D eigenvalue weighted by Crippen LogP contribution is 2.15. The van der Waals surface area contributed by atoms with Crippen LogP contribution in [-0.4, -0.2) is 93.9 Å². The van der Waals surface area contributed by atoms with Crippen molar-refractivity contribution >= 4 is 11.9 Å². The Morgan fingerprint density at radius 1 is 1.19 bits per heavy atom. The molecule has 1 saturated heterocycles. The van der Waals surface area contributed by atoms with E-state index in [9.17, 15) is 4.79 Å². The molecule has 1 heterocycles. The predicted octanol–water partition coefficient (Wildman–Crippen LogP) is 1.96. The molecule has 2 atom stereocenters. The van der Waals surface area contributed by atoms with Crippen LogP contribution in [0.1, 0.15) is 43.1 Å². The van der Waals surface area contributed by atoms with Crippen molar-refractivity contribution in [3.63, 3.8) is 0 Å². The summed E-state index contributed by atoms with van der Waals surface area (Å²) in [5.74, 6) is 0.862. The van der Waals surface area contributed by atoms with Gasteiger partial charge < -0.3 is 29.9 Å². The lowest BCUT2D eigenvalue weighted by atomic mass is 10.1. The van der Waals surface area contributed by atoms with Gasteiger partial charge in [-0.1, -0.05) is 12.1 Å². The topological polar surface area (TPSA) is 78.4 Å². The average molecular weight is 448 g/mol. The number of aliphatic imine (C=N–C) groups is 1. The molecule has 0 aliphatic carbocycles. The van der Waals surface area contributed by atoms with Gasteiger partial charge in [-0.3, -0.25) is 4.79 Å². The van der Waals surface area contributed by atoms with Crippen molar-refractivity contribution in [2.24, 2.45) is 4.99 Å². The molecule has 0 radical (unpaired) electrons. The fourth-order valence-electron chi connectivity index (χ4n) is 3.75. The molecule has 0 saturated carbocycles. The van der Waals surface area contributed by atoms with E-state index in [4.69, 9.17) is 9.47 Å². The minimum Gasteiger partial charge on any atom is -0.385 e. The van der Waals surface area contributed by atoms with E-state index < -0.39 is 0 Å². The van der Waals surface area contributed by atoms with Gasteiger partial charge in [0.2, 0.25) is 0 Å². The summed E-state index contributed by atoms with van der Waals surface area (Å²) in [5.41, 5.74) is 1.78. The monoisotopic (exact) mass is 447 g/mol. The lowest BCUT2D eigenvalue weighted by molar-refractivity contribution is -0.0586. The Kier molecular flexibility index (Phi) is 11.5. The molecule has 0 bridgehead atoms. The standard InChI is InChI=1S/C24H41N5O3/c1-6-25-24(26-12-14-28(4)13-7-15-31-5)27-16-21-8-10-22(11-9-21)23(30)29-17-19(2)32-20(3)18-29/h8-11,19-20H,6-7,12-18H2,1-5H3,(H2,25,26,27). The normalized spacial score (nSPS) is 19.3. The number of carbonyl (C=O) groups is 1. The third-order valence-electron chi connectivity index (χ3n) is 5.35. The fraction of sp³-hybridized carbons (Fsp3) is 0.667. The molecule has 0 spiro atoms. The van der Waals surface area contributed by atoms with E-state index in [1.807, 2.05) is 43.0 Å². The zero-order valence-corrected chi connectivity index (χ0v) is 20.4. The van der Waals surface area contributed by atoms with Crippen molar-refractivity contribution in [3.05, 3.63) is 35.4 Å². The number of guanidine groups is 1. The van der Waals surface area contributed by atoms with E-state index in [2.05, 4.69) is 34.5 Å². The molecule has 1 aromatic carbocycles. The number of methoxy groups -OCH3 is 1. The fourth-order valence-corrected chi connectivity index (χ4v) is 3.75. The van der Waals surface area contributed by atoms with Crippen LogP contribution in [0.4, 0.5) is 0 Å². The van der Waals surface area contributed by atoms with E-state index >= 15 is 0 Å². The molecule has 8 nitrogen and oxygen atoms in total. The minimum atomic E-state index is 0.0617. The Bertz CT molecular complexity index is 700. The molecule has 1 aliphatic rings. The molecule has 0 aromatic heterocycles. The minimum absolute atomic E-state index is 0.0617. The second-order valence-electron chi connectivity index (χ2n) is 8.44. The Morgan fingerprint density at radius 3 is 2.50 bits per heavy atom. The highest BCUT2D eigenvalue weighted by atomic mass is 16.5. The number of carbonyl (C=O) groups excluding carboxylic acids is 1. The van der Waals surface area contributed by atoms with E-state index in [1.165, 1.54) is 0 Å². The summed E-state index contributed by atoms with van der Waals surface area (Å²) in [6, 6.07) is 7.76. The predicted molar refractivity (Wildman–Crippen MR) is 129 cm³/mol. The number of hydrogen-bond acceptors (Lipinski definition) is 5.